The van der Waals surface area contributed by atoms with Crippen LogP contribution in [0.4, 0.5) is 0 Å². The van der Waals surface area contributed by atoms with Gasteiger partial charge in [-0.05, 0) is 38.6 Å². The summed E-state index contributed by atoms with van der Waals surface area (Å²) in [5.74, 6) is 0.612. The second kappa shape index (κ2) is 6.71. The Morgan fingerprint density at radius 1 is 1.32 bits per heavy atom. The molecule has 2 rings (SSSR count). The first-order valence-corrected chi connectivity index (χ1v) is 7.75. The molecule has 2 fully saturated rings. The molecule has 2 atom stereocenters. The van der Waals surface area contributed by atoms with Crippen LogP contribution in [0.25, 0.3) is 0 Å². The molecule has 0 bridgehead atoms. The average molecular weight is 268 g/mol. The van der Waals surface area contributed by atoms with Gasteiger partial charge in [-0.1, -0.05) is 19.3 Å². The standard InChI is InChI=1S/C15H28N2O2/c1-12(17-9-8-13(10-17)11-18)15(19)16(2)14-6-4-3-5-7-14/h12-14,18H,3-11H2,1-2H3. The lowest BCUT2D eigenvalue weighted by Crippen LogP contribution is -2.49. The molecule has 0 aromatic rings. The Morgan fingerprint density at radius 2 is 2.00 bits per heavy atom. The van der Waals surface area contributed by atoms with Crippen LogP contribution in [0.3, 0.4) is 0 Å². The van der Waals surface area contributed by atoms with E-state index in [9.17, 15) is 9.90 Å². The lowest BCUT2D eigenvalue weighted by molar-refractivity contribution is -0.137. The van der Waals surface area contributed by atoms with E-state index in [0.29, 0.717) is 12.0 Å². The van der Waals surface area contributed by atoms with Gasteiger partial charge in [0.1, 0.15) is 0 Å². The van der Waals surface area contributed by atoms with Crippen LogP contribution in [0.2, 0.25) is 0 Å². The number of hydrogen-bond acceptors (Lipinski definition) is 3. The number of carbonyl (C=O) groups is 1. The van der Waals surface area contributed by atoms with Gasteiger partial charge in [0.15, 0.2) is 0 Å². The Kier molecular flexibility index (Phi) is 5.22. The van der Waals surface area contributed by atoms with Crippen LogP contribution < -0.4 is 0 Å². The maximum Gasteiger partial charge on any atom is 0.239 e. The van der Waals surface area contributed by atoms with Crippen LogP contribution in [-0.4, -0.2) is 59.6 Å². The average Bonchev–Trinajstić information content (AvgIpc) is 2.94. The maximum absolute atomic E-state index is 12.5. The van der Waals surface area contributed by atoms with Gasteiger partial charge in [0.05, 0.1) is 6.04 Å². The summed E-state index contributed by atoms with van der Waals surface area (Å²) >= 11 is 0. The predicted octanol–water partition coefficient (Wildman–Crippen LogP) is 1.48. The van der Waals surface area contributed by atoms with E-state index in [-0.39, 0.29) is 18.6 Å². The molecular weight excluding hydrogens is 240 g/mol. The highest BCUT2D eigenvalue weighted by Crippen LogP contribution is 2.24. The van der Waals surface area contributed by atoms with Gasteiger partial charge in [-0.15, -0.1) is 0 Å². The van der Waals surface area contributed by atoms with E-state index in [4.69, 9.17) is 0 Å². The third-order valence-corrected chi connectivity index (χ3v) is 4.95. The van der Waals surface area contributed by atoms with Crippen molar-refractivity contribution in [2.75, 3.05) is 26.7 Å². The molecule has 1 aliphatic carbocycles. The summed E-state index contributed by atoms with van der Waals surface area (Å²) in [6.07, 6.45) is 7.17. The van der Waals surface area contributed by atoms with Crippen molar-refractivity contribution in [3.05, 3.63) is 0 Å². The Hall–Kier alpha value is -0.610. The molecule has 0 aromatic heterocycles. The molecule has 4 nitrogen and oxygen atoms in total. The van der Waals surface area contributed by atoms with Gasteiger partial charge >= 0.3 is 0 Å². The number of aliphatic hydroxyl groups excluding tert-OH is 1. The fourth-order valence-corrected chi connectivity index (χ4v) is 3.46. The minimum absolute atomic E-state index is 0.0384. The minimum Gasteiger partial charge on any atom is -0.396 e. The second-order valence-corrected chi connectivity index (χ2v) is 6.25. The van der Waals surface area contributed by atoms with Crippen LogP contribution in [0.5, 0.6) is 0 Å². The molecule has 4 heteroatoms. The van der Waals surface area contributed by atoms with Gasteiger partial charge in [-0.2, -0.15) is 0 Å². The first-order valence-electron chi connectivity index (χ1n) is 7.75. The fraction of sp³-hybridized carbons (Fsp3) is 0.933. The molecule has 19 heavy (non-hydrogen) atoms. The van der Waals surface area contributed by atoms with Crippen molar-refractivity contribution in [1.82, 2.24) is 9.80 Å². The number of rotatable bonds is 4. The summed E-state index contributed by atoms with van der Waals surface area (Å²) in [6.45, 7) is 4.07. The summed E-state index contributed by atoms with van der Waals surface area (Å²) in [5.41, 5.74) is 0. The first kappa shape index (κ1) is 14.8. The highest BCUT2D eigenvalue weighted by Gasteiger charge is 2.32. The zero-order chi connectivity index (χ0) is 13.8. The van der Waals surface area contributed by atoms with Crippen molar-refractivity contribution < 1.29 is 9.90 Å². The van der Waals surface area contributed by atoms with E-state index in [1.54, 1.807) is 0 Å². The van der Waals surface area contributed by atoms with E-state index < -0.39 is 0 Å². The number of likely N-dealkylation sites (tertiary alicyclic amines) is 1. The SMILES string of the molecule is CC(C(=O)N(C)C1CCCCC1)N1CCC(CO)C1. The zero-order valence-electron chi connectivity index (χ0n) is 12.3. The highest BCUT2D eigenvalue weighted by molar-refractivity contribution is 5.81. The summed E-state index contributed by atoms with van der Waals surface area (Å²) in [4.78, 5) is 16.8. The summed E-state index contributed by atoms with van der Waals surface area (Å²) in [6, 6.07) is 0.406. The number of hydrogen-bond donors (Lipinski definition) is 1. The molecule has 1 heterocycles. The molecule has 2 unspecified atom stereocenters. The zero-order valence-corrected chi connectivity index (χ0v) is 12.3. The highest BCUT2D eigenvalue weighted by atomic mass is 16.3. The van der Waals surface area contributed by atoms with E-state index in [1.807, 2.05) is 18.9 Å². The van der Waals surface area contributed by atoms with Gasteiger partial charge in [0, 0.05) is 26.2 Å². The molecule has 1 aliphatic heterocycles. The van der Waals surface area contributed by atoms with Gasteiger partial charge in [-0.25, -0.2) is 0 Å². The third kappa shape index (κ3) is 3.48. The topological polar surface area (TPSA) is 43.8 Å². The van der Waals surface area contributed by atoms with Crippen molar-refractivity contribution in [1.29, 1.82) is 0 Å². The number of nitrogens with zero attached hydrogens (tertiary/aromatic N) is 2. The number of aliphatic hydroxyl groups is 1. The number of carbonyl (C=O) groups excluding carboxylic acids is 1. The van der Waals surface area contributed by atoms with Gasteiger partial charge in [0.25, 0.3) is 0 Å². The van der Waals surface area contributed by atoms with E-state index in [1.165, 1.54) is 19.3 Å². The minimum atomic E-state index is -0.0384. The smallest absolute Gasteiger partial charge is 0.239 e. The van der Waals surface area contributed by atoms with Crippen LogP contribution in [0.15, 0.2) is 0 Å². The Morgan fingerprint density at radius 3 is 2.58 bits per heavy atom. The fourth-order valence-electron chi connectivity index (χ4n) is 3.46. The predicted molar refractivity (Wildman–Crippen MR) is 75.9 cm³/mol. The molecule has 1 saturated heterocycles. The molecule has 0 radical (unpaired) electrons. The molecule has 1 saturated carbocycles. The van der Waals surface area contributed by atoms with Crippen molar-refractivity contribution in [2.24, 2.45) is 5.92 Å². The first-order chi connectivity index (χ1) is 9.13. The molecule has 0 spiro atoms. The summed E-state index contributed by atoms with van der Waals surface area (Å²) in [7, 11) is 1.97. The third-order valence-electron chi connectivity index (χ3n) is 4.95. The van der Waals surface area contributed by atoms with Crippen molar-refractivity contribution in [3.63, 3.8) is 0 Å². The lowest BCUT2D eigenvalue weighted by Gasteiger charge is -2.35. The molecule has 0 aromatic carbocycles. The van der Waals surface area contributed by atoms with Crippen LogP contribution >= 0.6 is 0 Å². The Bertz CT molecular complexity index is 303. The molecule has 2 aliphatic rings. The quantitative estimate of drug-likeness (QED) is 0.840. The lowest BCUT2D eigenvalue weighted by atomic mass is 9.94. The largest absolute Gasteiger partial charge is 0.396 e. The van der Waals surface area contributed by atoms with Crippen LogP contribution in [-0.2, 0) is 4.79 Å². The van der Waals surface area contributed by atoms with Gasteiger partial charge in [0.2, 0.25) is 5.91 Å². The van der Waals surface area contributed by atoms with E-state index in [2.05, 4.69) is 4.90 Å². The number of likely N-dealkylation sites (N-methyl/N-ethyl adjacent to an activating group) is 1. The summed E-state index contributed by atoms with van der Waals surface area (Å²) < 4.78 is 0. The van der Waals surface area contributed by atoms with E-state index in [0.717, 1.165) is 32.4 Å². The maximum atomic E-state index is 12.5. The molecule has 1 amide bonds. The van der Waals surface area contributed by atoms with Gasteiger partial charge in [-0.3, -0.25) is 9.69 Å². The summed E-state index contributed by atoms with van der Waals surface area (Å²) in [5, 5.41) is 9.20. The molecule has 110 valence electrons. The normalized spacial score (nSPS) is 27.4. The van der Waals surface area contributed by atoms with E-state index >= 15 is 0 Å². The van der Waals surface area contributed by atoms with Crippen molar-refractivity contribution >= 4 is 5.91 Å². The Balaban J connectivity index is 1.87. The molecule has 1 N–H and O–H groups in total. The number of amides is 1. The molecular formula is C15H28N2O2. The second-order valence-electron chi connectivity index (χ2n) is 6.25. The van der Waals surface area contributed by atoms with Crippen LogP contribution in [0, 0.1) is 5.92 Å². The Labute approximate surface area is 116 Å². The van der Waals surface area contributed by atoms with Crippen molar-refractivity contribution in [3.8, 4) is 0 Å². The van der Waals surface area contributed by atoms with Gasteiger partial charge < -0.3 is 10.0 Å². The van der Waals surface area contributed by atoms with Crippen LogP contribution in [0.1, 0.15) is 45.4 Å². The van der Waals surface area contributed by atoms with Crippen molar-refractivity contribution in [2.45, 2.75) is 57.5 Å². The monoisotopic (exact) mass is 268 g/mol.